The maximum atomic E-state index is 8.75. The van der Waals surface area contributed by atoms with Gasteiger partial charge in [0.05, 0.1) is 0 Å². The second-order valence-electron chi connectivity index (χ2n) is 1.46. The molecule has 0 unspecified atom stereocenters. The van der Waals surface area contributed by atoms with Gasteiger partial charge in [0.25, 0.3) is 0 Å². The molecule has 0 fully saturated rings. The van der Waals surface area contributed by atoms with Crippen molar-refractivity contribution in [3.05, 3.63) is 10.4 Å². The van der Waals surface area contributed by atoms with Crippen LogP contribution >= 0.6 is 15.9 Å². The molecule has 0 saturated heterocycles. The number of rotatable bonds is 0. The Morgan fingerprint density at radius 2 is 2.38 bits per heavy atom. The van der Waals surface area contributed by atoms with Gasteiger partial charge >= 0.3 is 0 Å². The van der Waals surface area contributed by atoms with Gasteiger partial charge in [-0.3, -0.25) is 0 Å². The highest BCUT2D eigenvalue weighted by atomic mass is 79.9. The minimum atomic E-state index is 0.0162. The van der Waals surface area contributed by atoms with E-state index in [1.54, 1.807) is 6.92 Å². The van der Waals surface area contributed by atoms with Crippen LogP contribution in [0.3, 0.4) is 0 Å². The van der Waals surface area contributed by atoms with E-state index in [-0.39, 0.29) is 5.88 Å². The van der Waals surface area contributed by atoms with Gasteiger partial charge in [-0.1, -0.05) is 0 Å². The molecule has 1 rings (SSSR count). The zero-order chi connectivity index (χ0) is 6.15. The quantitative estimate of drug-likeness (QED) is 0.625. The smallest absolute Gasteiger partial charge is 0.244 e. The molecule has 0 aliphatic heterocycles. The van der Waals surface area contributed by atoms with Crippen molar-refractivity contribution in [2.75, 3.05) is 0 Å². The molecule has 0 aromatic carbocycles. The molecule has 1 aromatic rings. The van der Waals surface area contributed by atoms with E-state index in [0.29, 0.717) is 10.4 Å². The predicted octanol–water partition coefficient (Wildman–Crippen LogP) is 1.19. The van der Waals surface area contributed by atoms with Gasteiger partial charge in [-0.25, -0.2) is 0 Å². The lowest BCUT2D eigenvalue weighted by Gasteiger charge is -1.76. The third-order valence-corrected chi connectivity index (χ3v) is 1.31. The maximum Gasteiger partial charge on any atom is 0.244 e. The summed E-state index contributed by atoms with van der Waals surface area (Å²) in [7, 11) is 0. The number of aryl methyl sites for hydroxylation is 1. The van der Waals surface area contributed by atoms with Crippen molar-refractivity contribution in [3.63, 3.8) is 0 Å². The number of aromatic nitrogens is 2. The van der Waals surface area contributed by atoms with Gasteiger partial charge in [0, 0.05) is 0 Å². The highest BCUT2D eigenvalue weighted by Gasteiger charge is 1.99. The lowest BCUT2D eigenvalue weighted by Crippen LogP contribution is -1.68. The van der Waals surface area contributed by atoms with E-state index in [4.69, 9.17) is 5.11 Å². The van der Waals surface area contributed by atoms with E-state index in [1.165, 1.54) is 0 Å². The summed E-state index contributed by atoms with van der Waals surface area (Å²) in [6, 6.07) is 0. The molecular weight excluding hydrogens is 172 g/mol. The first kappa shape index (κ1) is 5.62. The van der Waals surface area contributed by atoms with Crippen LogP contribution in [0.25, 0.3) is 0 Å². The van der Waals surface area contributed by atoms with Gasteiger partial charge in [-0.2, -0.15) is 4.98 Å². The highest BCUT2D eigenvalue weighted by Crippen LogP contribution is 2.18. The highest BCUT2D eigenvalue weighted by molar-refractivity contribution is 9.10. The number of imidazole rings is 1. The largest absolute Gasteiger partial charge is 0.491 e. The topological polar surface area (TPSA) is 48.9 Å². The lowest BCUT2D eigenvalue weighted by molar-refractivity contribution is 0.452. The number of halogens is 1. The van der Waals surface area contributed by atoms with E-state index in [9.17, 15) is 0 Å². The van der Waals surface area contributed by atoms with Crippen molar-refractivity contribution >= 4 is 15.9 Å². The second-order valence-corrected chi connectivity index (χ2v) is 2.25. The first-order valence-corrected chi connectivity index (χ1v) is 2.90. The summed E-state index contributed by atoms with van der Waals surface area (Å²) >= 11 is 3.05. The van der Waals surface area contributed by atoms with Crippen molar-refractivity contribution in [2.45, 2.75) is 6.92 Å². The summed E-state index contributed by atoms with van der Waals surface area (Å²) in [5.74, 6) is 0.719. The molecule has 0 amide bonds. The number of aromatic hydroxyl groups is 1. The number of H-pyrrole nitrogens is 1. The third kappa shape index (κ3) is 0.838. The van der Waals surface area contributed by atoms with Gasteiger partial charge in [0.15, 0.2) is 0 Å². The molecular formula is C4H5BrN2O. The van der Waals surface area contributed by atoms with E-state index >= 15 is 0 Å². The Labute approximate surface area is 54.9 Å². The van der Waals surface area contributed by atoms with Gasteiger partial charge < -0.3 is 10.1 Å². The number of hydrogen-bond donors (Lipinski definition) is 2. The maximum absolute atomic E-state index is 8.75. The molecule has 3 nitrogen and oxygen atoms in total. The molecule has 1 heterocycles. The minimum absolute atomic E-state index is 0.0162. The SMILES string of the molecule is Cc1nc(O)c(Br)[nH]1. The summed E-state index contributed by atoms with van der Waals surface area (Å²) < 4.78 is 0.537. The van der Waals surface area contributed by atoms with Crippen molar-refractivity contribution < 1.29 is 5.11 Å². The van der Waals surface area contributed by atoms with Crippen LogP contribution in [0.15, 0.2) is 4.60 Å². The van der Waals surface area contributed by atoms with Crippen molar-refractivity contribution in [2.24, 2.45) is 0 Å². The number of nitrogens with one attached hydrogen (secondary N) is 1. The molecule has 0 aliphatic rings. The number of hydrogen-bond acceptors (Lipinski definition) is 2. The molecule has 0 saturated carbocycles. The van der Waals surface area contributed by atoms with Crippen LogP contribution in [0.5, 0.6) is 5.88 Å². The van der Waals surface area contributed by atoms with Crippen LogP contribution in [-0.2, 0) is 0 Å². The van der Waals surface area contributed by atoms with Crippen LogP contribution in [0, 0.1) is 6.92 Å². The molecule has 2 N–H and O–H groups in total. The summed E-state index contributed by atoms with van der Waals surface area (Å²) in [4.78, 5) is 6.43. The molecule has 0 bridgehead atoms. The Morgan fingerprint density at radius 3 is 2.50 bits per heavy atom. The summed E-state index contributed by atoms with van der Waals surface area (Å²) in [5.41, 5.74) is 0. The molecule has 1 aromatic heterocycles. The van der Waals surface area contributed by atoms with Gasteiger partial charge in [0.1, 0.15) is 10.4 Å². The van der Waals surface area contributed by atoms with Gasteiger partial charge in [-0.05, 0) is 22.9 Å². The van der Waals surface area contributed by atoms with E-state index in [2.05, 4.69) is 25.9 Å². The van der Waals surface area contributed by atoms with Crippen molar-refractivity contribution in [1.82, 2.24) is 9.97 Å². The lowest BCUT2D eigenvalue weighted by atomic mass is 10.8. The molecule has 0 atom stereocenters. The van der Waals surface area contributed by atoms with E-state index < -0.39 is 0 Å². The fourth-order valence-corrected chi connectivity index (χ4v) is 0.826. The average molecular weight is 177 g/mol. The fraction of sp³-hybridized carbons (Fsp3) is 0.250. The Balaban J connectivity index is 3.14. The summed E-state index contributed by atoms with van der Waals surface area (Å²) in [6.45, 7) is 1.77. The standard InChI is InChI=1S/C4H5BrN2O/c1-2-6-3(5)4(8)7-2/h8H,1H3,(H,6,7). The Kier molecular flexibility index (Phi) is 1.25. The Bertz CT molecular complexity index is 176. The van der Waals surface area contributed by atoms with Crippen LogP contribution in [0.1, 0.15) is 5.82 Å². The molecule has 0 radical (unpaired) electrons. The van der Waals surface area contributed by atoms with Crippen molar-refractivity contribution in [1.29, 1.82) is 0 Å². The summed E-state index contributed by atoms with van der Waals surface area (Å²) in [5, 5.41) is 8.75. The van der Waals surface area contributed by atoms with Crippen LogP contribution in [-0.4, -0.2) is 15.1 Å². The van der Waals surface area contributed by atoms with Crippen LogP contribution in [0.2, 0.25) is 0 Å². The zero-order valence-corrected chi connectivity index (χ0v) is 5.86. The van der Waals surface area contributed by atoms with Gasteiger partial charge in [-0.15, -0.1) is 0 Å². The monoisotopic (exact) mass is 176 g/mol. The van der Waals surface area contributed by atoms with E-state index in [1.807, 2.05) is 0 Å². The molecule has 4 heteroatoms. The average Bonchev–Trinajstić information content (AvgIpc) is 1.85. The Morgan fingerprint density at radius 1 is 1.75 bits per heavy atom. The minimum Gasteiger partial charge on any atom is -0.491 e. The molecule has 44 valence electrons. The number of nitrogens with zero attached hydrogens (tertiary/aromatic N) is 1. The second kappa shape index (κ2) is 1.78. The van der Waals surface area contributed by atoms with Crippen LogP contribution < -0.4 is 0 Å². The summed E-state index contributed by atoms with van der Waals surface area (Å²) in [6.07, 6.45) is 0. The normalized spacial score (nSPS) is 9.75. The first-order valence-electron chi connectivity index (χ1n) is 2.11. The fourth-order valence-electron chi connectivity index (χ4n) is 0.451. The van der Waals surface area contributed by atoms with Gasteiger partial charge in [0.2, 0.25) is 5.88 Å². The molecule has 0 spiro atoms. The van der Waals surface area contributed by atoms with Crippen LogP contribution in [0.4, 0.5) is 0 Å². The van der Waals surface area contributed by atoms with Crippen molar-refractivity contribution in [3.8, 4) is 5.88 Å². The molecule has 0 aliphatic carbocycles. The number of aromatic amines is 1. The predicted molar refractivity (Wildman–Crippen MR) is 32.7 cm³/mol. The zero-order valence-electron chi connectivity index (χ0n) is 4.27. The van der Waals surface area contributed by atoms with E-state index in [0.717, 1.165) is 0 Å². The first-order chi connectivity index (χ1) is 3.70. The Hall–Kier alpha value is -0.510. The third-order valence-electron chi connectivity index (χ3n) is 0.761. The molecule has 8 heavy (non-hydrogen) atoms.